The van der Waals surface area contributed by atoms with Gasteiger partial charge in [0.25, 0.3) is 0 Å². The lowest BCUT2D eigenvalue weighted by atomic mass is 10.3. The number of nitrogens with two attached hydrogens (primary N) is 1. The van der Waals surface area contributed by atoms with Crippen LogP contribution in [0.3, 0.4) is 0 Å². The minimum Gasteiger partial charge on any atom is -0.340 e. The molecule has 4 heteroatoms. The Balaban J connectivity index is 2.35. The normalized spacial score (nSPS) is 25.4. The molecule has 0 aromatic rings. The van der Waals surface area contributed by atoms with E-state index in [0.29, 0.717) is 6.54 Å². The molecule has 0 aromatic heterocycles. The van der Waals surface area contributed by atoms with Gasteiger partial charge in [-0.1, -0.05) is 0 Å². The fourth-order valence-electron chi connectivity index (χ4n) is 1.13. The zero-order chi connectivity index (χ0) is 7.56. The summed E-state index contributed by atoms with van der Waals surface area (Å²) < 4.78 is 0. The molecule has 1 unspecified atom stereocenters. The molecule has 1 fully saturated rings. The number of carbonyl (C=O) groups is 1. The predicted octanol–water partition coefficient (Wildman–Crippen LogP) is -0.502. The maximum absolute atomic E-state index is 10.7. The summed E-state index contributed by atoms with van der Waals surface area (Å²) in [4.78, 5) is 17.1. The molecule has 4 nitrogen and oxygen atoms in total. The van der Waals surface area contributed by atoms with Gasteiger partial charge in [0.1, 0.15) is 0 Å². The van der Waals surface area contributed by atoms with E-state index < -0.39 is 0 Å². The van der Waals surface area contributed by atoms with Crippen LogP contribution < -0.4 is 5.90 Å². The van der Waals surface area contributed by atoms with Gasteiger partial charge in [-0.15, -0.1) is 0 Å². The van der Waals surface area contributed by atoms with Crippen molar-refractivity contribution in [3.05, 3.63) is 0 Å². The number of amides is 1. The molecule has 0 spiro atoms. The fourth-order valence-corrected chi connectivity index (χ4v) is 1.13. The number of carbonyl (C=O) groups excluding carboxylic acids is 1. The van der Waals surface area contributed by atoms with Crippen molar-refractivity contribution in [2.75, 3.05) is 13.1 Å². The largest absolute Gasteiger partial charge is 0.340 e. The quantitative estimate of drug-likeness (QED) is 0.505. The molecule has 0 aliphatic carbocycles. The molecule has 0 aromatic carbocycles. The van der Waals surface area contributed by atoms with Crippen LogP contribution in [-0.2, 0) is 9.63 Å². The highest BCUT2D eigenvalue weighted by Crippen LogP contribution is 2.10. The molecule has 1 atom stereocenters. The first-order valence-electron chi connectivity index (χ1n) is 3.35. The molecule has 0 radical (unpaired) electrons. The Bertz CT molecular complexity index is 138. The van der Waals surface area contributed by atoms with Crippen LogP contribution in [-0.4, -0.2) is 30.0 Å². The Kier molecular flexibility index (Phi) is 2.24. The van der Waals surface area contributed by atoms with E-state index in [0.717, 1.165) is 13.0 Å². The highest BCUT2D eigenvalue weighted by atomic mass is 16.6. The first kappa shape index (κ1) is 7.50. The molecular weight excluding hydrogens is 132 g/mol. The van der Waals surface area contributed by atoms with E-state index in [1.165, 1.54) is 0 Å². The molecule has 10 heavy (non-hydrogen) atoms. The van der Waals surface area contributed by atoms with Crippen molar-refractivity contribution in [2.45, 2.75) is 19.4 Å². The van der Waals surface area contributed by atoms with E-state index in [1.54, 1.807) is 11.8 Å². The van der Waals surface area contributed by atoms with Crippen LogP contribution in [0.4, 0.5) is 0 Å². The van der Waals surface area contributed by atoms with E-state index in [9.17, 15) is 4.79 Å². The number of hydrogen-bond donors (Lipinski definition) is 1. The van der Waals surface area contributed by atoms with Gasteiger partial charge in [0.2, 0.25) is 5.91 Å². The summed E-state index contributed by atoms with van der Waals surface area (Å²) in [6.45, 7) is 2.97. The average Bonchev–Trinajstić information content (AvgIpc) is 2.34. The highest BCUT2D eigenvalue weighted by Gasteiger charge is 2.23. The Labute approximate surface area is 59.9 Å². The molecule has 1 heterocycles. The van der Waals surface area contributed by atoms with Crippen LogP contribution in [0.1, 0.15) is 13.3 Å². The second-order valence-electron chi connectivity index (χ2n) is 2.51. The van der Waals surface area contributed by atoms with Gasteiger partial charge in [-0.3, -0.25) is 9.63 Å². The second kappa shape index (κ2) is 2.98. The van der Waals surface area contributed by atoms with E-state index in [1.807, 2.05) is 0 Å². The molecular formula is C6H12N2O2. The number of likely N-dealkylation sites (tertiary alicyclic amines) is 1. The van der Waals surface area contributed by atoms with Crippen LogP contribution in [0.25, 0.3) is 0 Å². The lowest BCUT2D eigenvalue weighted by molar-refractivity contribution is -0.128. The standard InChI is InChI=1S/C6H12N2O2/c1-5(9)8-3-2-6(4-8)10-7/h6H,2-4,7H2,1H3. The Hall–Kier alpha value is -0.610. The maximum atomic E-state index is 10.7. The molecule has 1 aliphatic rings. The SMILES string of the molecule is CC(=O)N1CCC(ON)C1. The van der Waals surface area contributed by atoms with Gasteiger partial charge >= 0.3 is 0 Å². The highest BCUT2D eigenvalue weighted by molar-refractivity contribution is 5.73. The monoisotopic (exact) mass is 144 g/mol. The predicted molar refractivity (Wildman–Crippen MR) is 35.9 cm³/mol. The van der Waals surface area contributed by atoms with E-state index >= 15 is 0 Å². The third kappa shape index (κ3) is 1.46. The summed E-state index contributed by atoms with van der Waals surface area (Å²) in [5.41, 5.74) is 0. The van der Waals surface area contributed by atoms with Crippen molar-refractivity contribution in [3.63, 3.8) is 0 Å². The van der Waals surface area contributed by atoms with Crippen LogP contribution in [0.15, 0.2) is 0 Å². The van der Waals surface area contributed by atoms with Crippen LogP contribution in [0, 0.1) is 0 Å². The third-order valence-electron chi connectivity index (χ3n) is 1.78. The Morgan fingerprint density at radius 3 is 2.80 bits per heavy atom. The second-order valence-corrected chi connectivity index (χ2v) is 2.51. The van der Waals surface area contributed by atoms with Crippen molar-refractivity contribution in [1.29, 1.82) is 0 Å². The molecule has 0 saturated carbocycles. The lowest BCUT2D eigenvalue weighted by Crippen LogP contribution is -2.28. The third-order valence-corrected chi connectivity index (χ3v) is 1.78. The summed E-state index contributed by atoms with van der Waals surface area (Å²) in [5, 5.41) is 0. The average molecular weight is 144 g/mol. The zero-order valence-corrected chi connectivity index (χ0v) is 6.04. The summed E-state index contributed by atoms with van der Waals surface area (Å²) in [5.74, 6) is 5.06. The van der Waals surface area contributed by atoms with Gasteiger partial charge in [-0.05, 0) is 6.42 Å². The van der Waals surface area contributed by atoms with Gasteiger partial charge in [-0.2, -0.15) is 0 Å². The molecule has 58 valence electrons. The molecule has 1 aliphatic heterocycles. The van der Waals surface area contributed by atoms with Crippen molar-refractivity contribution >= 4 is 5.91 Å². The Morgan fingerprint density at radius 1 is 1.80 bits per heavy atom. The van der Waals surface area contributed by atoms with Crippen LogP contribution in [0.5, 0.6) is 0 Å². The smallest absolute Gasteiger partial charge is 0.219 e. The maximum Gasteiger partial charge on any atom is 0.219 e. The van der Waals surface area contributed by atoms with Gasteiger partial charge in [0.15, 0.2) is 0 Å². The zero-order valence-electron chi connectivity index (χ0n) is 6.04. The van der Waals surface area contributed by atoms with Gasteiger partial charge in [0, 0.05) is 20.0 Å². The van der Waals surface area contributed by atoms with Crippen LogP contribution in [0.2, 0.25) is 0 Å². The molecule has 0 bridgehead atoms. The molecule has 1 saturated heterocycles. The Morgan fingerprint density at radius 2 is 2.50 bits per heavy atom. The van der Waals surface area contributed by atoms with Crippen molar-refractivity contribution in [1.82, 2.24) is 4.90 Å². The van der Waals surface area contributed by atoms with E-state index in [2.05, 4.69) is 4.84 Å². The summed E-state index contributed by atoms with van der Waals surface area (Å²) in [7, 11) is 0. The lowest BCUT2D eigenvalue weighted by Gasteiger charge is -2.11. The number of hydrogen-bond acceptors (Lipinski definition) is 3. The van der Waals surface area contributed by atoms with E-state index in [-0.39, 0.29) is 12.0 Å². The first-order valence-corrected chi connectivity index (χ1v) is 3.35. The number of rotatable bonds is 1. The van der Waals surface area contributed by atoms with Crippen LogP contribution >= 0.6 is 0 Å². The van der Waals surface area contributed by atoms with Gasteiger partial charge in [0.05, 0.1) is 6.10 Å². The summed E-state index contributed by atoms with van der Waals surface area (Å²) in [6, 6.07) is 0. The molecule has 1 rings (SSSR count). The van der Waals surface area contributed by atoms with Crippen molar-refractivity contribution in [2.24, 2.45) is 5.90 Å². The van der Waals surface area contributed by atoms with E-state index in [4.69, 9.17) is 5.90 Å². The first-order chi connectivity index (χ1) is 4.74. The van der Waals surface area contributed by atoms with Crippen molar-refractivity contribution < 1.29 is 9.63 Å². The summed E-state index contributed by atoms with van der Waals surface area (Å²) in [6.07, 6.45) is 0.902. The van der Waals surface area contributed by atoms with Gasteiger partial charge in [-0.25, -0.2) is 5.90 Å². The minimum atomic E-state index is 0.0453. The molecule has 1 amide bonds. The fraction of sp³-hybridized carbons (Fsp3) is 0.833. The molecule has 2 N–H and O–H groups in total. The topological polar surface area (TPSA) is 55.6 Å². The number of nitrogens with zero attached hydrogens (tertiary/aromatic N) is 1. The minimum absolute atomic E-state index is 0.0453. The van der Waals surface area contributed by atoms with Crippen molar-refractivity contribution in [3.8, 4) is 0 Å². The van der Waals surface area contributed by atoms with Gasteiger partial charge < -0.3 is 4.90 Å². The summed E-state index contributed by atoms with van der Waals surface area (Å²) >= 11 is 0.